The van der Waals surface area contributed by atoms with Crippen LogP contribution in [-0.4, -0.2) is 24.5 Å². The zero-order chi connectivity index (χ0) is 14.1. The van der Waals surface area contributed by atoms with Crippen LogP contribution < -0.4 is 5.32 Å². The summed E-state index contributed by atoms with van der Waals surface area (Å²) in [4.78, 5) is 12.0. The van der Waals surface area contributed by atoms with Gasteiger partial charge in [0.1, 0.15) is 0 Å². The van der Waals surface area contributed by atoms with Crippen molar-refractivity contribution in [2.24, 2.45) is 0 Å². The Morgan fingerprint density at radius 1 is 1.21 bits per heavy atom. The monoisotopic (exact) mass is 407 g/mol. The molecule has 1 rings (SSSR count). The van der Waals surface area contributed by atoms with E-state index in [9.17, 15) is 4.79 Å². The number of rotatable bonds is 8. The van der Waals surface area contributed by atoms with Crippen LogP contribution in [0.4, 0.5) is 0 Å². The topological polar surface area (TPSA) is 29.1 Å². The van der Waals surface area contributed by atoms with E-state index in [0.717, 1.165) is 21.9 Å². The van der Waals surface area contributed by atoms with Crippen LogP contribution in [0.1, 0.15) is 36.0 Å². The Kier molecular flexibility index (Phi) is 8.83. The van der Waals surface area contributed by atoms with Crippen molar-refractivity contribution in [1.82, 2.24) is 5.32 Å². The second-order valence-corrected chi connectivity index (χ2v) is 7.04. The van der Waals surface area contributed by atoms with E-state index in [4.69, 9.17) is 0 Å². The Balaban J connectivity index is 2.26. The lowest BCUT2D eigenvalue weighted by atomic mass is 10.2. The first-order valence-electron chi connectivity index (χ1n) is 6.37. The molecule has 1 aromatic carbocycles. The average Bonchev–Trinajstić information content (AvgIpc) is 2.40. The molecule has 1 amide bonds. The summed E-state index contributed by atoms with van der Waals surface area (Å²) in [5, 5.41) is 2.96. The van der Waals surface area contributed by atoms with Gasteiger partial charge in [-0.15, -0.1) is 0 Å². The number of benzene rings is 1. The summed E-state index contributed by atoms with van der Waals surface area (Å²) in [6.07, 6.45) is 6.88. The second kappa shape index (κ2) is 9.83. The van der Waals surface area contributed by atoms with Gasteiger partial charge in [0.25, 0.3) is 5.91 Å². The molecule has 0 aliphatic rings. The quantitative estimate of drug-likeness (QED) is 0.622. The molecule has 0 fully saturated rings. The zero-order valence-electron chi connectivity index (χ0n) is 11.0. The van der Waals surface area contributed by atoms with E-state index in [-0.39, 0.29) is 5.91 Å². The number of thioether (sulfide) groups is 1. The normalized spacial score (nSPS) is 10.5. The fourth-order valence-corrected chi connectivity index (χ4v) is 2.97. The van der Waals surface area contributed by atoms with Gasteiger partial charge in [-0.05, 0) is 59.0 Å². The third-order valence-corrected chi connectivity index (χ3v) is 4.62. The van der Waals surface area contributed by atoms with Gasteiger partial charge in [0.15, 0.2) is 0 Å². The third-order valence-electron chi connectivity index (χ3n) is 2.73. The molecule has 0 radical (unpaired) electrons. The molecule has 0 spiro atoms. The number of halogens is 2. The minimum atomic E-state index is -0.0164. The van der Waals surface area contributed by atoms with Gasteiger partial charge in [-0.25, -0.2) is 0 Å². The van der Waals surface area contributed by atoms with E-state index < -0.39 is 0 Å². The fraction of sp³-hybridized carbons (Fsp3) is 0.500. The molecule has 1 aromatic rings. The molecule has 106 valence electrons. The van der Waals surface area contributed by atoms with Crippen LogP contribution >= 0.6 is 43.6 Å². The smallest absolute Gasteiger partial charge is 0.252 e. The molecule has 0 unspecified atom stereocenters. The third kappa shape index (κ3) is 6.82. The Labute approximate surface area is 136 Å². The Morgan fingerprint density at radius 3 is 2.68 bits per heavy atom. The number of amides is 1. The van der Waals surface area contributed by atoms with Crippen LogP contribution in [0.3, 0.4) is 0 Å². The summed E-state index contributed by atoms with van der Waals surface area (Å²) in [7, 11) is 0. The van der Waals surface area contributed by atoms with E-state index in [1.165, 1.54) is 25.0 Å². The summed E-state index contributed by atoms with van der Waals surface area (Å²) in [6.45, 7) is 0.747. The minimum Gasteiger partial charge on any atom is -0.352 e. The van der Waals surface area contributed by atoms with Gasteiger partial charge in [0.2, 0.25) is 0 Å². The molecule has 0 bridgehead atoms. The maximum absolute atomic E-state index is 12.0. The molecular formula is C14H19Br2NOS. The first-order valence-corrected chi connectivity index (χ1v) is 9.35. The minimum absolute atomic E-state index is 0.0164. The summed E-state index contributed by atoms with van der Waals surface area (Å²) in [5.74, 6) is 1.22. The summed E-state index contributed by atoms with van der Waals surface area (Å²) < 4.78 is 1.74. The second-order valence-electron chi connectivity index (χ2n) is 4.29. The number of hydrogen-bond donors (Lipinski definition) is 1. The average molecular weight is 409 g/mol. The molecule has 0 saturated carbocycles. The van der Waals surface area contributed by atoms with Crippen molar-refractivity contribution in [1.29, 1.82) is 0 Å². The molecular weight excluding hydrogens is 390 g/mol. The maximum atomic E-state index is 12.0. The predicted octanol–water partition coefficient (Wildman–Crippen LogP) is 4.86. The lowest BCUT2D eigenvalue weighted by Crippen LogP contribution is -2.24. The maximum Gasteiger partial charge on any atom is 0.252 e. The van der Waals surface area contributed by atoms with Crippen LogP contribution in [0.2, 0.25) is 0 Å². The van der Waals surface area contributed by atoms with Gasteiger partial charge in [-0.2, -0.15) is 11.8 Å². The van der Waals surface area contributed by atoms with Crippen molar-refractivity contribution < 1.29 is 4.79 Å². The highest BCUT2D eigenvalue weighted by Gasteiger charge is 2.09. The predicted molar refractivity (Wildman–Crippen MR) is 91.0 cm³/mol. The van der Waals surface area contributed by atoms with Gasteiger partial charge < -0.3 is 5.32 Å². The van der Waals surface area contributed by atoms with Crippen LogP contribution in [0, 0.1) is 0 Å². The van der Waals surface area contributed by atoms with Crippen molar-refractivity contribution in [2.75, 3.05) is 18.6 Å². The molecule has 1 N–H and O–H groups in total. The van der Waals surface area contributed by atoms with E-state index in [2.05, 4.69) is 43.4 Å². The number of unbranched alkanes of at least 4 members (excludes halogenated alkanes) is 3. The highest BCUT2D eigenvalue weighted by atomic mass is 79.9. The summed E-state index contributed by atoms with van der Waals surface area (Å²) >= 11 is 8.67. The SMILES string of the molecule is CSCCCCCCNC(=O)c1cc(Br)ccc1Br. The standard InChI is InChI=1S/C14H19Br2NOS/c1-19-9-5-3-2-4-8-17-14(18)12-10-11(15)6-7-13(12)16/h6-7,10H,2-5,8-9H2,1H3,(H,17,18). The number of nitrogens with one attached hydrogen (secondary N) is 1. The van der Waals surface area contributed by atoms with Gasteiger partial charge in [0, 0.05) is 15.5 Å². The molecule has 19 heavy (non-hydrogen) atoms. The highest BCUT2D eigenvalue weighted by Crippen LogP contribution is 2.21. The molecule has 0 aliphatic heterocycles. The Morgan fingerprint density at radius 2 is 1.95 bits per heavy atom. The number of carbonyl (C=O) groups is 1. The molecule has 0 aromatic heterocycles. The first-order chi connectivity index (χ1) is 9.15. The van der Waals surface area contributed by atoms with Crippen molar-refractivity contribution in [2.45, 2.75) is 25.7 Å². The van der Waals surface area contributed by atoms with Gasteiger partial charge in [-0.1, -0.05) is 28.8 Å². The molecule has 0 atom stereocenters. The van der Waals surface area contributed by atoms with Crippen LogP contribution in [0.5, 0.6) is 0 Å². The van der Waals surface area contributed by atoms with Crippen molar-refractivity contribution in [3.8, 4) is 0 Å². The zero-order valence-corrected chi connectivity index (χ0v) is 15.0. The van der Waals surface area contributed by atoms with E-state index >= 15 is 0 Å². The van der Waals surface area contributed by atoms with Crippen LogP contribution in [0.15, 0.2) is 27.1 Å². The first kappa shape index (κ1) is 17.1. The number of carbonyl (C=O) groups excluding carboxylic acids is 1. The summed E-state index contributed by atoms with van der Waals surface area (Å²) in [6, 6.07) is 5.62. The van der Waals surface area contributed by atoms with Crippen molar-refractivity contribution in [3.05, 3.63) is 32.7 Å². The molecule has 5 heteroatoms. The molecule has 0 aliphatic carbocycles. The van der Waals surface area contributed by atoms with Crippen LogP contribution in [0.25, 0.3) is 0 Å². The van der Waals surface area contributed by atoms with E-state index in [1.54, 1.807) is 0 Å². The van der Waals surface area contributed by atoms with Gasteiger partial charge in [0.05, 0.1) is 5.56 Å². The fourth-order valence-electron chi connectivity index (χ4n) is 1.69. The largest absolute Gasteiger partial charge is 0.352 e. The molecule has 2 nitrogen and oxygen atoms in total. The van der Waals surface area contributed by atoms with Crippen LogP contribution in [-0.2, 0) is 0 Å². The van der Waals surface area contributed by atoms with Crippen molar-refractivity contribution in [3.63, 3.8) is 0 Å². The van der Waals surface area contributed by atoms with E-state index in [1.807, 2.05) is 30.0 Å². The van der Waals surface area contributed by atoms with Gasteiger partial charge >= 0.3 is 0 Å². The number of hydrogen-bond acceptors (Lipinski definition) is 2. The lowest BCUT2D eigenvalue weighted by molar-refractivity contribution is 0.0952. The molecule has 0 heterocycles. The molecule has 0 saturated heterocycles. The lowest BCUT2D eigenvalue weighted by Gasteiger charge is -2.07. The van der Waals surface area contributed by atoms with Gasteiger partial charge in [-0.3, -0.25) is 4.79 Å². The Bertz CT molecular complexity index is 412. The summed E-state index contributed by atoms with van der Waals surface area (Å²) in [5.41, 5.74) is 0.678. The highest BCUT2D eigenvalue weighted by molar-refractivity contribution is 9.11. The Hall–Kier alpha value is -0.000000000000000111. The van der Waals surface area contributed by atoms with E-state index in [0.29, 0.717) is 5.56 Å². The van der Waals surface area contributed by atoms with Crippen molar-refractivity contribution >= 4 is 49.5 Å².